The lowest BCUT2D eigenvalue weighted by Gasteiger charge is -2.20. The summed E-state index contributed by atoms with van der Waals surface area (Å²) in [7, 11) is 4.16. The molecule has 0 N–H and O–H groups in total. The van der Waals surface area contributed by atoms with Crippen LogP contribution in [0.3, 0.4) is 0 Å². The molecule has 0 saturated carbocycles. The Hall–Kier alpha value is -7.76. The van der Waals surface area contributed by atoms with E-state index in [1.165, 1.54) is 6.07 Å². The highest BCUT2D eigenvalue weighted by molar-refractivity contribution is 6.27. The largest absolute Gasteiger partial charge is 0.416 e. The molecule has 12 rings (SSSR count). The van der Waals surface area contributed by atoms with Gasteiger partial charge in [-0.3, -0.25) is 0 Å². The molecule has 0 aliphatic rings. The zero-order chi connectivity index (χ0) is 40.6. The fourth-order valence-electron chi connectivity index (χ4n) is 10.0. The molecule has 0 aliphatic heterocycles. The average Bonchev–Trinajstić information content (AvgIpc) is 3.98. The van der Waals surface area contributed by atoms with Crippen molar-refractivity contribution in [1.29, 1.82) is 5.26 Å². The smallest absolute Gasteiger partial charge is 0.344 e. The van der Waals surface area contributed by atoms with Gasteiger partial charge in [-0.25, -0.2) is 0 Å². The summed E-state index contributed by atoms with van der Waals surface area (Å²) in [5, 5.41) is 19.5. The Bertz CT molecular complexity index is 3860. The van der Waals surface area contributed by atoms with Crippen LogP contribution < -0.4 is 0 Å². The number of alkyl halides is 3. The number of nitriles is 1. The van der Waals surface area contributed by atoms with Gasteiger partial charge in [0, 0.05) is 73.8 Å². The lowest BCUT2D eigenvalue weighted by Crippen LogP contribution is -2.07. The molecule has 0 fully saturated rings. The van der Waals surface area contributed by atoms with Crippen LogP contribution in [0.4, 0.5) is 13.2 Å². The van der Waals surface area contributed by atoms with Crippen LogP contribution >= 0.6 is 0 Å². The van der Waals surface area contributed by atoms with Crippen LogP contribution in [-0.4, -0.2) is 18.3 Å². The summed E-state index contributed by atoms with van der Waals surface area (Å²) < 4.78 is 51.9. The van der Waals surface area contributed by atoms with Crippen LogP contribution in [0.5, 0.6) is 0 Å². The van der Waals surface area contributed by atoms with Crippen molar-refractivity contribution in [2.75, 3.05) is 0 Å². The number of halogens is 3. The molecule has 0 bridgehead atoms. The van der Waals surface area contributed by atoms with Gasteiger partial charge in [-0.05, 0) is 66.2 Å². The van der Waals surface area contributed by atoms with Crippen LogP contribution in [0.15, 0.2) is 158 Å². The fourth-order valence-corrected chi connectivity index (χ4v) is 10.0. The molecule has 60 heavy (non-hydrogen) atoms. The Morgan fingerprint density at radius 1 is 0.450 bits per heavy atom. The summed E-state index contributed by atoms with van der Waals surface area (Å²) in [6, 6.07) is 53.6. The number of rotatable bonds is 3. The minimum atomic E-state index is -4.56. The second-order valence-corrected chi connectivity index (χ2v) is 15.6. The molecule has 0 saturated heterocycles. The molecule has 286 valence electrons. The molecule has 0 unspecified atom stereocenters. The fraction of sp³-hybridized carbons (Fsp3) is 0.0577. The van der Waals surface area contributed by atoms with Crippen molar-refractivity contribution in [3.63, 3.8) is 0 Å². The van der Waals surface area contributed by atoms with Gasteiger partial charge in [0.2, 0.25) is 0 Å². The standard InChI is InChI=1S/C52H32F3N5/c1-57-40-18-7-5-16-37(40)48-44(57)24-22-35-33-14-3-9-20-42(33)59(50(35)48)46-27-31(29-56)39(30-12-11-13-32(26-30)52(53,54)55)28-47(46)60-43-21-10-4-15-34(43)36-23-25-45-49(51(36)60)38-17-6-8-19-41(38)58(45)2/h3-28H,1-2H3. The third-order valence-electron chi connectivity index (χ3n) is 12.6. The number of fused-ring (bicyclic) bond motifs is 14. The maximum Gasteiger partial charge on any atom is 0.416 e. The second kappa shape index (κ2) is 12.1. The quantitative estimate of drug-likeness (QED) is 0.176. The van der Waals surface area contributed by atoms with E-state index in [9.17, 15) is 18.4 Å². The molecule has 0 radical (unpaired) electrons. The molecule has 4 heterocycles. The maximum absolute atomic E-state index is 14.3. The number of hydrogen-bond donors (Lipinski definition) is 0. The summed E-state index contributed by atoms with van der Waals surface area (Å²) in [5.41, 5.74) is 9.80. The molecular formula is C52H32F3N5. The molecule has 0 spiro atoms. The van der Waals surface area contributed by atoms with Crippen LogP contribution in [0.25, 0.3) is 110 Å². The molecule has 12 aromatic rings. The highest BCUT2D eigenvalue weighted by Crippen LogP contribution is 2.46. The van der Waals surface area contributed by atoms with Crippen molar-refractivity contribution in [3.05, 3.63) is 169 Å². The Morgan fingerprint density at radius 3 is 1.42 bits per heavy atom. The van der Waals surface area contributed by atoms with Crippen LogP contribution in [0.1, 0.15) is 11.1 Å². The van der Waals surface area contributed by atoms with E-state index in [4.69, 9.17) is 0 Å². The first-order valence-electron chi connectivity index (χ1n) is 19.8. The Kier molecular flexibility index (Phi) is 6.94. The van der Waals surface area contributed by atoms with Crippen LogP contribution in [0.2, 0.25) is 0 Å². The zero-order valence-electron chi connectivity index (χ0n) is 32.4. The summed E-state index contributed by atoms with van der Waals surface area (Å²) in [6.45, 7) is 0. The van der Waals surface area contributed by atoms with E-state index in [-0.39, 0.29) is 5.56 Å². The van der Waals surface area contributed by atoms with E-state index in [0.29, 0.717) is 11.1 Å². The van der Waals surface area contributed by atoms with E-state index in [2.05, 4.69) is 123 Å². The highest BCUT2D eigenvalue weighted by atomic mass is 19.4. The van der Waals surface area contributed by atoms with Crippen molar-refractivity contribution in [2.24, 2.45) is 14.1 Å². The topological polar surface area (TPSA) is 43.5 Å². The van der Waals surface area contributed by atoms with Gasteiger partial charge in [-0.1, -0.05) is 97.1 Å². The summed E-state index contributed by atoms with van der Waals surface area (Å²) in [4.78, 5) is 0. The van der Waals surface area contributed by atoms with Gasteiger partial charge in [0.25, 0.3) is 0 Å². The van der Waals surface area contributed by atoms with Gasteiger partial charge < -0.3 is 18.3 Å². The summed E-state index contributed by atoms with van der Waals surface area (Å²) in [5.74, 6) is 0. The lowest BCUT2D eigenvalue weighted by molar-refractivity contribution is -0.137. The molecule has 8 aromatic carbocycles. The van der Waals surface area contributed by atoms with Crippen LogP contribution in [-0.2, 0) is 20.3 Å². The predicted octanol–water partition coefficient (Wildman–Crippen LogP) is 13.7. The van der Waals surface area contributed by atoms with Crippen LogP contribution in [0, 0.1) is 11.3 Å². The van der Waals surface area contributed by atoms with Gasteiger partial charge in [-0.15, -0.1) is 0 Å². The molecule has 8 heteroatoms. The Morgan fingerprint density at radius 2 is 0.917 bits per heavy atom. The molecule has 5 nitrogen and oxygen atoms in total. The van der Waals surface area contributed by atoms with Crippen molar-refractivity contribution in [1.82, 2.24) is 18.3 Å². The first-order valence-corrected chi connectivity index (χ1v) is 19.8. The third kappa shape index (κ3) is 4.52. The Labute approximate surface area is 340 Å². The third-order valence-corrected chi connectivity index (χ3v) is 12.6. The van der Waals surface area contributed by atoms with Gasteiger partial charge in [0.1, 0.15) is 0 Å². The molecule has 0 atom stereocenters. The first-order chi connectivity index (χ1) is 29.2. The average molecular weight is 784 g/mol. The number of hydrogen-bond acceptors (Lipinski definition) is 1. The van der Waals surface area contributed by atoms with E-state index >= 15 is 0 Å². The minimum Gasteiger partial charge on any atom is -0.344 e. The first kappa shape index (κ1) is 34.3. The predicted molar refractivity (Wildman–Crippen MR) is 238 cm³/mol. The second-order valence-electron chi connectivity index (χ2n) is 15.6. The molecule has 0 aliphatic carbocycles. The molecule has 4 aromatic heterocycles. The number of para-hydroxylation sites is 4. The highest BCUT2D eigenvalue weighted by Gasteiger charge is 2.31. The summed E-state index contributed by atoms with van der Waals surface area (Å²) in [6.07, 6.45) is -4.56. The lowest BCUT2D eigenvalue weighted by atomic mass is 9.96. The van der Waals surface area contributed by atoms with Crippen molar-refractivity contribution < 1.29 is 13.2 Å². The van der Waals surface area contributed by atoms with Crippen molar-refractivity contribution >= 4 is 87.2 Å². The van der Waals surface area contributed by atoms with E-state index in [0.717, 1.165) is 111 Å². The minimum absolute atomic E-state index is 0.264. The number of benzene rings is 8. The van der Waals surface area contributed by atoms with E-state index in [1.54, 1.807) is 6.07 Å². The summed E-state index contributed by atoms with van der Waals surface area (Å²) >= 11 is 0. The van der Waals surface area contributed by atoms with Crippen molar-refractivity contribution in [2.45, 2.75) is 6.18 Å². The Balaban J connectivity index is 1.34. The zero-order valence-corrected chi connectivity index (χ0v) is 32.4. The monoisotopic (exact) mass is 783 g/mol. The normalized spacial score (nSPS) is 12.4. The van der Waals surface area contributed by atoms with Gasteiger partial charge >= 0.3 is 6.18 Å². The van der Waals surface area contributed by atoms with Crippen molar-refractivity contribution in [3.8, 4) is 28.6 Å². The van der Waals surface area contributed by atoms with Gasteiger partial charge in [0.05, 0.1) is 61.7 Å². The number of nitrogens with zero attached hydrogens (tertiary/aromatic N) is 5. The molecule has 0 amide bonds. The number of aryl methyl sites for hydroxylation is 2. The van der Waals surface area contributed by atoms with E-state index in [1.807, 2.05) is 48.5 Å². The maximum atomic E-state index is 14.3. The molecular weight excluding hydrogens is 752 g/mol. The SMILES string of the molecule is Cn1c2ccccc2c2c1ccc1c3ccccc3n(-c3cc(C#N)c(-c4cccc(C(F)(F)F)c4)cc3-n3c4ccccc4c4ccc5c(c6ccccc6n5C)c43)c12. The van der Waals surface area contributed by atoms with Gasteiger partial charge in [-0.2, -0.15) is 18.4 Å². The van der Waals surface area contributed by atoms with E-state index < -0.39 is 11.7 Å². The number of aromatic nitrogens is 4. The van der Waals surface area contributed by atoms with Gasteiger partial charge in [0.15, 0.2) is 0 Å².